The van der Waals surface area contributed by atoms with Gasteiger partial charge in [-0.15, -0.1) is 4.98 Å². The minimum atomic E-state index is -0.427. The minimum absolute atomic E-state index is 0.326. The number of anilines is 1. The Balaban J connectivity index is 3.11. The van der Waals surface area contributed by atoms with Crippen LogP contribution in [0.25, 0.3) is 6.08 Å². The minimum Gasteiger partial charge on any atom is -0.463 e. The van der Waals surface area contributed by atoms with E-state index < -0.39 is 5.97 Å². The first kappa shape index (κ1) is 15.5. The molecular formula is C12H18N3O3S+. The molecule has 0 atom stereocenters. The maximum atomic E-state index is 11.3. The summed E-state index contributed by atoms with van der Waals surface area (Å²) in [5.74, 6) is 0.0609. The van der Waals surface area contributed by atoms with Gasteiger partial charge in [-0.05, 0) is 26.2 Å². The Morgan fingerprint density at radius 1 is 1.63 bits per heavy atom. The van der Waals surface area contributed by atoms with Gasteiger partial charge in [-0.1, -0.05) is 11.8 Å². The number of rotatable bonds is 6. The Labute approximate surface area is 116 Å². The topological polar surface area (TPSA) is 75.3 Å². The number of esters is 1. The van der Waals surface area contributed by atoms with Crippen LogP contribution in [0.4, 0.5) is 5.82 Å². The van der Waals surface area contributed by atoms with Gasteiger partial charge < -0.3 is 4.74 Å². The molecule has 0 unspecified atom stereocenters. The number of nitrogens with one attached hydrogen (secondary N) is 1. The predicted octanol–water partition coefficient (Wildman–Crippen LogP) is 1.49. The third-order valence-corrected chi connectivity index (χ3v) is 3.07. The Bertz CT molecular complexity index is 478. The van der Waals surface area contributed by atoms with Crippen LogP contribution in [-0.2, 0) is 16.1 Å². The van der Waals surface area contributed by atoms with Gasteiger partial charge >= 0.3 is 5.97 Å². The average Bonchev–Trinajstić information content (AvgIpc) is 2.43. The van der Waals surface area contributed by atoms with E-state index in [1.165, 1.54) is 17.8 Å². The van der Waals surface area contributed by atoms with Crippen molar-refractivity contribution >= 4 is 29.6 Å². The van der Waals surface area contributed by atoms with E-state index in [4.69, 9.17) is 4.74 Å². The van der Waals surface area contributed by atoms with Crippen molar-refractivity contribution < 1.29 is 19.3 Å². The van der Waals surface area contributed by atoms with Crippen molar-refractivity contribution in [2.75, 3.05) is 18.3 Å². The monoisotopic (exact) mass is 284 g/mol. The molecule has 0 aliphatic heterocycles. The second-order valence-electron chi connectivity index (χ2n) is 3.49. The van der Waals surface area contributed by atoms with Crippen LogP contribution in [0.2, 0.25) is 0 Å². The number of hydrogen-bond acceptors (Lipinski definition) is 6. The Kier molecular flexibility index (Phi) is 6.31. The fraction of sp³-hybridized carbons (Fsp3) is 0.417. The second-order valence-corrected chi connectivity index (χ2v) is 4.26. The van der Waals surface area contributed by atoms with Crippen LogP contribution in [0.5, 0.6) is 0 Å². The van der Waals surface area contributed by atoms with Crippen molar-refractivity contribution in [3.8, 4) is 0 Å². The zero-order valence-corrected chi connectivity index (χ0v) is 12.0. The van der Waals surface area contributed by atoms with E-state index in [-0.39, 0.29) is 0 Å². The predicted molar refractivity (Wildman–Crippen MR) is 73.0 cm³/mol. The lowest BCUT2D eigenvalue weighted by Gasteiger charge is -2.08. The standard InChI is InChI=1S/C12H17N3O3S/c1-4-15-11(14-17)9(8-13-12(15)19-3)6-7-10(16)18-5-2/h6-8,17H,4-5H2,1-3H3/p+1. The number of nitrogens with zero attached hydrogens (tertiary/aromatic N) is 2. The van der Waals surface area contributed by atoms with Gasteiger partial charge in [0, 0.05) is 6.08 Å². The molecule has 0 aliphatic rings. The van der Waals surface area contributed by atoms with Crippen molar-refractivity contribution in [1.82, 2.24) is 4.98 Å². The largest absolute Gasteiger partial charge is 0.463 e. The van der Waals surface area contributed by atoms with Gasteiger partial charge in [0.25, 0.3) is 11.0 Å². The van der Waals surface area contributed by atoms with Crippen LogP contribution < -0.4 is 10.0 Å². The second kappa shape index (κ2) is 7.75. The van der Waals surface area contributed by atoms with Crippen molar-refractivity contribution in [2.24, 2.45) is 0 Å². The SMILES string of the molecule is CCOC(=O)C=Cc1cnc(SC)[n+](CC)c1NO. The summed E-state index contributed by atoms with van der Waals surface area (Å²) in [6, 6.07) is 0. The Morgan fingerprint density at radius 3 is 2.89 bits per heavy atom. The molecule has 1 aromatic rings. The molecular weight excluding hydrogens is 266 g/mol. The molecule has 0 saturated carbocycles. The highest BCUT2D eigenvalue weighted by Crippen LogP contribution is 2.15. The number of carbonyl (C=O) groups is 1. The maximum absolute atomic E-state index is 11.3. The maximum Gasteiger partial charge on any atom is 0.330 e. The molecule has 6 nitrogen and oxygen atoms in total. The van der Waals surface area contributed by atoms with E-state index in [9.17, 15) is 10.0 Å². The fourth-order valence-corrected chi connectivity index (χ4v) is 2.16. The molecule has 0 bridgehead atoms. The van der Waals surface area contributed by atoms with Crippen molar-refractivity contribution in [3.63, 3.8) is 0 Å². The molecule has 0 saturated heterocycles. The normalized spacial score (nSPS) is 10.7. The van der Waals surface area contributed by atoms with Crippen LogP contribution in [0, 0.1) is 0 Å². The molecule has 104 valence electrons. The van der Waals surface area contributed by atoms with Gasteiger partial charge in [0.2, 0.25) is 0 Å². The van der Waals surface area contributed by atoms with E-state index in [1.807, 2.05) is 17.7 Å². The number of ether oxygens (including phenoxy) is 1. The van der Waals surface area contributed by atoms with Crippen molar-refractivity contribution in [3.05, 3.63) is 17.8 Å². The van der Waals surface area contributed by atoms with Gasteiger partial charge in [0.05, 0.1) is 18.7 Å². The van der Waals surface area contributed by atoms with E-state index in [2.05, 4.69) is 10.5 Å². The van der Waals surface area contributed by atoms with Crippen LogP contribution in [0.15, 0.2) is 17.4 Å². The highest BCUT2D eigenvalue weighted by molar-refractivity contribution is 7.98. The molecule has 1 rings (SSSR count). The van der Waals surface area contributed by atoms with Gasteiger partial charge in [-0.25, -0.2) is 14.6 Å². The van der Waals surface area contributed by atoms with Crippen LogP contribution in [0.3, 0.4) is 0 Å². The summed E-state index contributed by atoms with van der Waals surface area (Å²) < 4.78 is 6.61. The molecule has 1 aromatic heterocycles. The average molecular weight is 284 g/mol. The number of carbonyl (C=O) groups excluding carboxylic acids is 1. The molecule has 7 heteroatoms. The number of hydrogen-bond donors (Lipinski definition) is 2. The van der Waals surface area contributed by atoms with Crippen LogP contribution >= 0.6 is 11.8 Å². The molecule has 19 heavy (non-hydrogen) atoms. The summed E-state index contributed by atoms with van der Waals surface area (Å²) in [5, 5.41) is 10.0. The smallest absolute Gasteiger partial charge is 0.330 e. The van der Waals surface area contributed by atoms with Crippen LogP contribution in [-0.4, -0.2) is 29.0 Å². The highest BCUT2D eigenvalue weighted by atomic mass is 32.2. The first-order chi connectivity index (χ1) is 9.17. The molecule has 0 aliphatic carbocycles. The third-order valence-electron chi connectivity index (χ3n) is 2.38. The lowest BCUT2D eigenvalue weighted by Crippen LogP contribution is -2.39. The number of thioether (sulfide) groups is 1. The molecule has 0 amide bonds. The van der Waals surface area contributed by atoms with Crippen LogP contribution in [0.1, 0.15) is 19.4 Å². The summed E-state index contributed by atoms with van der Waals surface area (Å²) in [6.07, 6.45) is 6.36. The first-order valence-corrected chi connectivity index (χ1v) is 7.12. The van der Waals surface area contributed by atoms with E-state index in [1.54, 1.807) is 19.2 Å². The van der Waals surface area contributed by atoms with E-state index in [0.717, 1.165) is 5.16 Å². The van der Waals surface area contributed by atoms with Crippen molar-refractivity contribution in [1.29, 1.82) is 0 Å². The van der Waals surface area contributed by atoms with E-state index >= 15 is 0 Å². The summed E-state index contributed by atoms with van der Waals surface area (Å²) in [7, 11) is 0. The Morgan fingerprint density at radius 2 is 2.37 bits per heavy atom. The Hall–Kier alpha value is -1.60. The lowest BCUT2D eigenvalue weighted by molar-refractivity contribution is -0.721. The number of aromatic nitrogens is 2. The zero-order chi connectivity index (χ0) is 14.3. The molecule has 0 spiro atoms. The van der Waals surface area contributed by atoms with E-state index in [0.29, 0.717) is 24.5 Å². The zero-order valence-electron chi connectivity index (χ0n) is 11.2. The molecule has 0 aromatic carbocycles. The molecule has 2 N–H and O–H groups in total. The van der Waals surface area contributed by atoms with Gasteiger partial charge in [-0.2, -0.15) is 5.48 Å². The van der Waals surface area contributed by atoms with Gasteiger partial charge in [0.1, 0.15) is 6.20 Å². The summed E-state index contributed by atoms with van der Waals surface area (Å²) in [4.78, 5) is 15.5. The highest BCUT2D eigenvalue weighted by Gasteiger charge is 2.17. The summed E-state index contributed by atoms with van der Waals surface area (Å²) in [6.45, 7) is 4.66. The van der Waals surface area contributed by atoms with Crippen molar-refractivity contribution in [2.45, 2.75) is 25.5 Å². The fourth-order valence-electron chi connectivity index (χ4n) is 1.56. The van der Waals surface area contributed by atoms with Gasteiger partial charge in [0.15, 0.2) is 0 Å². The molecule has 0 fully saturated rings. The summed E-state index contributed by atoms with van der Waals surface area (Å²) >= 11 is 1.48. The quantitative estimate of drug-likeness (QED) is 0.206. The molecule has 0 radical (unpaired) electrons. The third kappa shape index (κ3) is 3.93. The molecule has 1 heterocycles. The summed E-state index contributed by atoms with van der Waals surface area (Å²) in [5.41, 5.74) is 2.76. The lowest BCUT2D eigenvalue weighted by atomic mass is 10.2. The first-order valence-electron chi connectivity index (χ1n) is 5.89. The van der Waals surface area contributed by atoms with Gasteiger partial charge in [-0.3, -0.25) is 0 Å².